The number of nitrogens with one attached hydrogen (secondary N) is 1. The predicted octanol–water partition coefficient (Wildman–Crippen LogP) is 1.57. The third-order valence-corrected chi connectivity index (χ3v) is 5.77. The molecule has 2 aliphatic heterocycles. The molecule has 0 atom stereocenters. The van der Waals surface area contributed by atoms with E-state index in [1.807, 2.05) is 4.90 Å². The summed E-state index contributed by atoms with van der Waals surface area (Å²) in [6.45, 7) is 6.85. The molecule has 6 nitrogen and oxygen atoms in total. The molecule has 1 N–H and O–H groups in total. The summed E-state index contributed by atoms with van der Waals surface area (Å²) in [5, 5.41) is 3.95. The second kappa shape index (κ2) is 9.04. The summed E-state index contributed by atoms with van der Waals surface area (Å²) in [4.78, 5) is 30.9. The van der Waals surface area contributed by atoms with Crippen molar-refractivity contribution in [3.63, 3.8) is 0 Å². The van der Waals surface area contributed by atoms with E-state index >= 15 is 0 Å². The Hall–Kier alpha value is -1.34. The molecule has 1 aromatic carbocycles. The Labute approximate surface area is 164 Å². The highest BCUT2D eigenvalue weighted by Crippen LogP contribution is 2.26. The lowest BCUT2D eigenvalue weighted by Crippen LogP contribution is -2.50. The second-order valence-corrected chi connectivity index (χ2v) is 7.40. The molecular weight excluding hydrogens is 375 g/mol. The highest BCUT2D eigenvalue weighted by Gasteiger charge is 2.25. The standard InChI is InChI=1S/C18H24Cl2N4O2/c19-15-3-1-2-14(17(15)20)18(26)24-12-10-22(11-13-24)7-4-16(25)23-8-5-21-6-9-23/h1-3,21H,4-13H2. The Morgan fingerprint density at radius 3 is 2.35 bits per heavy atom. The number of nitrogens with zero attached hydrogens (tertiary/aromatic N) is 3. The highest BCUT2D eigenvalue weighted by atomic mass is 35.5. The third kappa shape index (κ3) is 4.68. The van der Waals surface area contributed by atoms with E-state index in [1.165, 1.54) is 0 Å². The fourth-order valence-corrected chi connectivity index (χ4v) is 3.72. The second-order valence-electron chi connectivity index (χ2n) is 6.62. The summed E-state index contributed by atoms with van der Waals surface area (Å²) in [5.74, 6) is 0.129. The SMILES string of the molecule is O=C(CCN1CCN(C(=O)c2cccc(Cl)c2Cl)CC1)N1CCNCC1. The topological polar surface area (TPSA) is 55.9 Å². The van der Waals surface area contributed by atoms with Gasteiger partial charge in [-0.25, -0.2) is 0 Å². The van der Waals surface area contributed by atoms with Gasteiger partial charge in [0.15, 0.2) is 0 Å². The van der Waals surface area contributed by atoms with E-state index in [-0.39, 0.29) is 11.8 Å². The molecule has 142 valence electrons. The van der Waals surface area contributed by atoms with Crippen LogP contribution in [0.1, 0.15) is 16.8 Å². The number of carbonyl (C=O) groups is 2. The Kier molecular flexibility index (Phi) is 6.75. The number of carbonyl (C=O) groups excluding carboxylic acids is 2. The first-order valence-corrected chi connectivity index (χ1v) is 9.76. The van der Waals surface area contributed by atoms with E-state index in [0.717, 1.165) is 45.8 Å². The van der Waals surface area contributed by atoms with E-state index in [0.29, 0.717) is 35.1 Å². The van der Waals surface area contributed by atoms with Crippen molar-refractivity contribution < 1.29 is 9.59 Å². The summed E-state index contributed by atoms with van der Waals surface area (Å²) in [5.41, 5.74) is 0.446. The zero-order valence-corrected chi connectivity index (χ0v) is 16.2. The summed E-state index contributed by atoms with van der Waals surface area (Å²) in [6, 6.07) is 5.11. The fourth-order valence-electron chi connectivity index (χ4n) is 3.34. The van der Waals surface area contributed by atoms with Crippen LogP contribution in [0.3, 0.4) is 0 Å². The quantitative estimate of drug-likeness (QED) is 0.836. The van der Waals surface area contributed by atoms with Gasteiger partial charge in [-0.15, -0.1) is 0 Å². The lowest BCUT2D eigenvalue weighted by atomic mass is 10.1. The monoisotopic (exact) mass is 398 g/mol. The van der Waals surface area contributed by atoms with E-state index < -0.39 is 0 Å². The van der Waals surface area contributed by atoms with Crippen LogP contribution in [0.5, 0.6) is 0 Å². The highest BCUT2D eigenvalue weighted by molar-refractivity contribution is 6.43. The molecule has 0 radical (unpaired) electrons. The minimum Gasteiger partial charge on any atom is -0.340 e. The zero-order valence-electron chi connectivity index (χ0n) is 14.7. The molecule has 0 spiro atoms. The first kappa shape index (κ1) is 19.4. The van der Waals surface area contributed by atoms with Crippen molar-refractivity contribution in [2.24, 2.45) is 0 Å². The van der Waals surface area contributed by atoms with Crippen LogP contribution in [0.25, 0.3) is 0 Å². The maximum Gasteiger partial charge on any atom is 0.255 e. The molecule has 0 unspecified atom stereocenters. The molecule has 2 aliphatic rings. The molecular formula is C18H24Cl2N4O2. The maximum absolute atomic E-state index is 12.6. The molecule has 2 amide bonds. The Bertz CT molecular complexity index is 657. The van der Waals surface area contributed by atoms with Crippen LogP contribution in [-0.2, 0) is 4.79 Å². The number of hydrogen-bond acceptors (Lipinski definition) is 4. The van der Waals surface area contributed by atoms with Crippen molar-refractivity contribution in [1.29, 1.82) is 0 Å². The van der Waals surface area contributed by atoms with Crippen molar-refractivity contribution in [1.82, 2.24) is 20.0 Å². The number of hydrogen-bond donors (Lipinski definition) is 1. The zero-order chi connectivity index (χ0) is 18.5. The predicted molar refractivity (Wildman–Crippen MR) is 103 cm³/mol. The average Bonchev–Trinajstić information content (AvgIpc) is 2.69. The summed E-state index contributed by atoms with van der Waals surface area (Å²) in [7, 11) is 0. The molecule has 0 saturated carbocycles. The average molecular weight is 399 g/mol. The van der Waals surface area contributed by atoms with Gasteiger partial charge in [-0.3, -0.25) is 14.5 Å². The lowest BCUT2D eigenvalue weighted by Gasteiger charge is -2.35. The molecule has 2 fully saturated rings. The van der Waals surface area contributed by atoms with Crippen molar-refractivity contribution in [2.75, 3.05) is 58.9 Å². The summed E-state index contributed by atoms with van der Waals surface area (Å²) >= 11 is 12.2. The minimum atomic E-state index is -0.0888. The largest absolute Gasteiger partial charge is 0.340 e. The molecule has 26 heavy (non-hydrogen) atoms. The molecule has 2 heterocycles. The number of piperazine rings is 2. The molecule has 1 aromatic rings. The van der Waals surface area contributed by atoms with Gasteiger partial charge in [0, 0.05) is 65.3 Å². The van der Waals surface area contributed by atoms with E-state index in [1.54, 1.807) is 23.1 Å². The number of amides is 2. The van der Waals surface area contributed by atoms with Crippen LogP contribution in [-0.4, -0.2) is 85.4 Å². The summed E-state index contributed by atoms with van der Waals surface area (Å²) in [6.07, 6.45) is 0.536. The van der Waals surface area contributed by atoms with Crippen molar-refractivity contribution >= 4 is 35.0 Å². The molecule has 0 bridgehead atoms. The van der Waals surface area contributed by atoms with Crippen LogP contribution in [0.2, 0.25) is 10.0 Å². The van der Waals surface area contributed by atoms with Crippen molar-refractivity contribution in [2.45, 2.75) is 6.42 Å². The van der Waals surface area contributed by atoms with Gasteiger partial charge in [0.25, 0.3) is 5.91 Å². The molecule has 3 rings (SSSR count). The van der Waals surface area contributed by atoms with Gasteiger partial charge in [0.1, 0.15) is 0 Å². The fraction of sp³-hybridized carbons (Fsp3) is 0.556. The molecule has 0 aliphatic carbocycles. The summed E-state index contributed by atoms with van der Waals surface area (Å²) < 4.78 is 0. The Balaban J connectivity index is 1.46. The van der Waals surface area contributed by atoms with Gasteiger partial charge < -0.3 is 15.1 Å². The number of rotatable bonds is 4. The van der Waals surface area contributed by atoms with Crippen LogP contribution >= 0.6 is 23.2 Å². The van der Waals surface area contributed by atoms with Crippen LogP contribution < -0.4 is 5.32 Å². The van der Waals surface area contributed by atoms with Crippen molar-refractivity contribution in [3.05, 3.63) is 33.8 Å². The normalized spacial score (nSPS) is 18.8. The van der Waals surface area contributed by atoms with Gasteiger partial charge in [0.2, 0.25) is 5.91 Å². The Morgan fingerprint density at radius 1 is 0.962 bits per heavy atom. The number of halogens is 2. The van der Waals surface area contributed by atoms with Crippen LogP contribution in [0.15, 0.2) is 18.2 Å². The van der Waals surface area contributed by atoms with Crippen molar-refractivity contribution in [3.8, 4) is 0 Å². The smallest absolute Gasteiger partial charge is 0.255 e. The maximum atomic E-state index is 12.6. The lowest BCUT2D eigenvalue weighted by molar-refractivity contribution is -0.132. The number of benzene rings is 1. The van der Waals surface area contributed by atoms with Gasteiger partial charge in [-0.1, -0.05) is 29.3 Å². The van der Waals surface area contributed by atoms with Gasteiger partial charge in [-0.2, -0.15) is 0 Å². The van der Waals surface area contributed by atoms with E-state index in [2.05, 4.69) is 10.2 Å². The first-order valence-electron chi connectivity index (χ1n) is 9.00. The van der Waals surface area contributed by atoms with Gasteiger partial charge in [0.05, 0.1) is 15.6 Å². The van der Waals surface area contributed by atoms with E-state index in [9.17, 15) is 9.59 Å². The van der Waals surface area contributed by atoms with Gasteiger partial charge in [-0.05, 0) is 12.1 Å². The molecule has 2 saturated heterocycles. The molecule has 8 heteroatoms. The van der Waals surface area contributed by atoms with Crippen LogP contribution in [0, 0.1) is 0 Å². The van der Waals surface area contributed by atoms with Crippen LogP contribution in [0.4, 0.5) is 0 Å². The third-order valence-electron chi connectivity index (χ3n) is 4.95. The minimum absolute atomic E-state index is 0.0888. The van der Waals surface area contributed by atoms with Gasteiger partial charge >= 0.3 is 0 Å². The first-order chi connectivity index (χ1) is 12.6. The molecule has 0 aromatic heterocycles. The Morgan fingerprint density at radius 2 is 1.65 bits per heavy atom. The van der Waals surface area contributed by atoms with E-state index in [4.69, 9.17) is 23.2 Å².